The average molecular weight is 161 g/mol. The Bertz CT molecular complexity index is 211. The lowest BCUT2D eigenvalue weighted by atomic mass is 10.1. The first kappa shape index (κ1) is 7.54. The molecule has 0 fully saturated rings. The fourth-order valence-electron chi connectivity index (χ4n) is 0.598. The first-order chi connectivity index (χ1) is 4.74. The van der Waals surface area contributed by atoms with Crippen molar-refractivity contribution in [2.75, 3.05) is 0 Å². The molecule has 0 aliphatic carbocycles. The van der Waals surface area contributed by atoms with Crippen LogP contribution in [0.1, 0.15) is 32.0 Å². The Morgan fingerprint density at radius 2 is 2.40 bits per heavy atom. The van der Waals surface area contributed by atoms with Crippen LogP contribution in [0.5, 0.6) is 0 Å². The molecular weight excluding hydrogens is 152 g/mol. The van der Waals surface area contributed by atoms with Crippen LogP contribution in [0, 0.1) is 0 Å². The Balaban J connectivity index is 2.74. The number of aromatic nitrogens is 2. The van der Waals surface area contributed by atoms with Crippen LogP contribution in [0.15, 0.2) is 4.52 Å². The lowest BCUT2D eigenvalue weighted by Crippen LogP contribution is -1.92. The molecule has 0 N–H and O–H groups in total. The Morgan fingerprint density at radius 3 is 2.80 bits per heavy atom. The van der Waals surface area contributed by atoms with Gasteiger partial charge in [0.15, 0.2) is 5.82 Å². The zero-order chi connectivity index (χ0) is 7.56. The van der Waals surface area contributed by atoms with Gasteiger partial charge in [0.05, 0.1) is 0 Å². The first-order valence-corrected chi connectivity index (χ1v) is 3.61. The molecular formula is C6H9ClN2O. The normalized spacial score (nSPS) is 13.5. The van der Waals surface area contributed by atoms with Gasteiger partial charge < -0.3 is 4.52 Å². The molecule has 10 heavy (non-hydrogen) atoms. The largest absolute Gasteiger partial charge is 0.321 e. The molecule has 3 nitrogen and oxygen atoms in total. The van der Waals surface area contributed by atoms with E-state index in [1.807, 2.05) is 6.92 Å². The van der Waals surface area contributed by atoms with Crippen LogP contribution < -0.4 is 0 Å². The van der Waals surface area contributed by atoms with Crippen LogP contribution in [0.4, 0.5) is 0 Å². The summed E-state index contributed by atoms with van der Waals surface area (Å²) in [7, 11) is 0. The number of nitrogens with zero attached hydrogens (tertiary/aromatic N) is 2. The van der Waals surface area contributed by atoms with Crippen LogP contribution in [0.25, 0.3) is 0 Å². The maximum atomic E-state index is 5.42. The summed E-state index contributed by atoms with van der Waals surface area (Å²) in [5.74, 6) is 1.02. The number of hydrogen-bond acceptors (Lipinski definition) is 3. The van der Waals surface area contributed by atoms with E-state index in [0.29, 0.717) is 11.7 Å². The van der Waals surface area contributed by atoms with Gasteiger partial charge in [-0.05, 0) is 18.0 Å². The van der Waals surface area contributed by atoms with E-state index in [0.717, 1.165) is 6.42 Å². The molecule has 0 aliphatic rings. The Labute approximate surface area is 64.4 Å². The van der Waals surface area contributed by atoms with Crippen LogP contribution in [-0.2, 0) is 0 Å². The van der Waals surface area contributed by atoms with Crippen molar-refractivity contribution in [3.63, 3.8) is 0 Å². The molecule has 0 aliphatic heterocycles. The maximum absolute atomic E-state index is 5.42. The quantitative estimate of drug-likeness (QED) is 0.666. The summed E-state index contributed by atoms with van der Waals surface area (Å²) >= 11 is 5.42. The van der Waals surface area contributed by atoms with Gasteiger partial charge in [0, 0.05) is 5.92 Å². The van der Waals surface area contributed by atoms with Gasteiger partial charge in [-0.1, -0.05) is 19.0 Å². The molecule has 4 heteroatoms. The van der Waals surface area contributed by atoms with Gasteiger partial charge in [-0.2, -0.15) is 4.98 Å². The van der Waals surface area contributed by atoms with Crippen molar-refractivity contribution in [1.29, 1.82) is 0 Å². The highest BCUT2D eigenvalue weighted by Crippen LogP contribution is 2.16. The Morgan fingerprint density at radius 1 is 1.70 bits per heavy atom. The van der Waals surface area contributed by atoms with E-state index in [2.05, 4.69) is 21.6 Å². The van der Waals surface area contributed by atoms with E-state index < -0.39 is 0 Å². The summed E-state index contributed by atoms with van der Waals surface area (Å²) in [6, 6.07) is 0. The van der Waals surface area contributed by atoms with Gasteiger partial charge in [0.2, 0.25) is 0 Å². The summed E-state index contributed by atoms with van der Waals surface area (Å²) in [5, 5.41) is 3.79. The summed E-state index contributed by atoms with van der Waals surface area (Å²) in [5.41, 5.74) is 0. The van der Waals surface area contributed by atoms with Gasteiger partial charge in [-0.25, -0.2) is 0 Å². The van der Waals surface area contributed by atoms with E-state index in [1.165, 1.54) is 0 Å². The van der Waals surface area contributed by atoms with Gasteiger partial charge in [-0.15, -0.1) is 0 Å². The molecule has 0 amide bonds. The second-order valence-corrected chi connectivity index (χ2v) is 2.54. The van der Waals surface area contributed by atoms with E-state index in [-0.39, 0.29) is 5.35 Å². The molecule has 1 unspecified atom stereocenters. The van der Waals surface area contributed by atoms with Gasteiger partial charge >= 0.3 is 5.35 Å². The van der Waals surface area contributed by atoms with Crippen molar-refractivity contribution in [3.8, 4) is 0 Å². The van der Waals surface area contributed by atoms with E-state index in [1.54, 1.807) is 0 Å². The summed E-state index contributed by atoms with van der Waals surface area (Å²) in [4.78, 5) is 3.87. The molecule has 1 atom stereocenters. The van der Waals surface area contributed by atoms with Crippen LogP contribution in [0.3, 0.4) is 0 Å². The molecule has 0 aromatic carbocycles. The van der Waals surface area contributed by atoms with Crippen molar-refractivity contribution in [1.82, 2.24) is 10.1 Å². The topological polar surface area (TPSA) is 38.9 Å². The monoisotopic (exact) mass is 160 g/mol. The minimum Gasteiger partial charge on any atom is -0.321 e. The number of hydrogen-bond donors (Lipinski definition) is 0. The smallest absolute Gasteiger partial charge is 0.320 e. The minimum atomic E-state index is 0.121. The van der Waals surface area contributed by atoms with Crippen LogP contribution in [0.2, 0.25) is 5.35 Å². The predicted octanol–water partition coefficient (Wildman–Crippen LogP) is 2.24. The lowest BCUT2D eigenvalue weighted by molar-refractivity contribution is 0.406. The second kappa shape index (κ2) is 3.01. The fourth-order valence-corrected chi connectivity index (χ4v) is 0.719. The van der Waals surface area contributed by atoms with Crippen LogP contribution >= 0.6 is 11.6 Å². The lowest BCUT2D eigenvalue weighted by Gasteiger charge is -1.97. The SMILES string of the molecule is CCC(C)c1noc(Cl)n1. The summed E-state index contributed by atoms with van der Waals surface area (Å²) in [6.07, 6.45) is 0.996. The fraction of sp³-hybridized carbons (Fsp3) is 0.667. The zero-order valence-corrected chi connectivity index (χ0v) is 6.72. The molecule has 0 saturated heterocycles. The first-order valence-electron chi connectivity index (χ1n) is 3.23. The average Bonchev–Trinajstić information content (AvgIpc) is 2.34. The standard InChI is InChI=1S/C6H9ClN2O/c1-3-4(2)5-8-6(7)10-9-5/h4H,3H2,1-2H3. The molecule has 56 valence electrons. The van der Waals surface area contributed by atoms with Gasteiger partial charge in [0.1, 0.15) is 0 Å². The van der Waals surface area contributed by atoms with Gasteiger partial charge in [-0.3, -0.25) is 0 Å². The summed E-state index contributed by atoms with van der Waals surface area (Å²) < 4.78 is 4.59. The molecule has 1 heterocycles. The third-order valence-corrected chi connectivity index (χ3v) is 1.62. The van der Waals surface area contributed by atoms with Crippen molar-refractivity contribution >= 4 is 11.6 Å². The molecule has 1 aromatic rings. The molecule has 1 rings (SSSR count). The zero-order valence-electron chi connectivity index (χ0n) is 5.97. The number of halogens is 1. The minimum absolute atomic E-state index is 0.121. The molecule has 0 bridgehead atoms. The third-order valence-electron chi connectivity index (χ3n) is 1.47. The second-order valence-electron chi connectivity index (χ2n) is 2.21. The highest BCUT2D eigenvalue weighted by Gasteiger charge is 2.09. The van der Waals surface area contributed by atoms with E-state index in [9.17, 15) is 0 Å². The Hall–Kier alpha value is -0.570. The van der Waals surface area contributed by atoms with Crippen LogP contribution in [-0.4, -0.2) is 10.1 Å². The molecule has 1 aromatic heterocycles. The molecule has 0 saturated carbocycles. The van der Waals surface area contributed by atoms with E-state index in [4.69, 9.17) is 11.6 Å². The number of rotatable bonds is 2. The highest BCUT2D eigenvalue weighted by molar-refractivity contribution is 6.27. The summed E-state index contributed by atoms with van der Waals surface area (Å²) in [6.45, 7) is 4.09. The highest BCUT2D eigenvalue weighted by atomic mass is 35.5. The molecule has 0 radical (unpaired) electrons. The van der Waals surface area contributed by atoms with Gasteiger partial charge in [0.25, 0.3) is 0 Å². The molecule has 0 spiro atoms. The Kier molecular flexibility index (Phi) is 2.27. The van der Waals surface area contributed by atoms with Crippen molar-refractivity contribution in [2.45, 2.75) is 26.2 Å². The van der Waals surface area contributed by atoms with Crippen molar-refractivity contribution < 1.29 is 4.52 Å². The maximum Gasteiger partial charge on any atom is 0.320 e. The van der Waals surface area contributed by atoms with E-state index >= 15 is 0 Å². The third kappa shape index (κ3) is 1.48. The van der Waals surface area contributed by atoms with Crippen molar-refractivity contribution in [3.05, 3.63) is 11.2 Å². The predicted molar refractivity (Wildman–Crippen MR) is 38.0 cm³/mol. The van der Waals surface area contributed by atoms with Crippen molar-refractivity contribution in [2.24, 2.45) is 0 Å².